The van der Waals surface area contributed by atoms with Crippen LogP contribution in [0.4, 0.5) is 0 Å². The van der Waals surface area contributed by atoms with Crippen LogP contribution < -0.4 is 0 Å². The van der Waals surface area contributed by atoms with Crippen molar-refractivity contribution in [3.8, 4) is 0 Å². The number of fused-ring (bicyclic) bond motifs is 9. The number of rotatable bonds is 0. The predicted molar refractivity (Wildman–Crippen MR) is 227 cm³/mol. The largest absolute Gasteiger partial charge is 0.351 e. The van der Waals surface area contributed by atoms with E-state index in [1.165, 1.54) is 130 Å². The predicted octanol–water partition coefficient (Wildman–Crippen LogP) is 9.38. The number of hydrogen-bond acceptors (Lipinski definition) is 3. The molecular weight excluding hydrogens is 649 g/mol. The lowest BCUT2D eigenvalue weighted by atomic mass is 9.88. The highest BCUT2D eigenvalue weighted by Crippen LogP contribution is 2.41. The van der Waals surface area contributed by atoms with E-state index < -0.39 is 0 Å². The van der Waals surface area contributed by atoms with E-state index in [1.807, 2.05) is 21.1 Å². The standard InChI is InChI=1S/C16H21N3.C16H21N.C15H18N2/c1-9-10(2)13-14(12-8-6-7-11(9)12)16(18-4)19(5)15(13)17-3;1-9-10(2)15-11(3)17(5)12(4)16(15)14-8-6-7-13(9)14;1-8-9(2)13-14(10(3)17-15(13)16-4)12-7-5-6-11(8)12/h6-8H2,1-5H3;6-8H2,1-5H3;5-7H2,1-4H3. The van der Waals surface area contributed by atoms with Gasteiger partial charge in [0.05, 0.1) is 0 Å². The molecule has 6 heteroatoms. The Labute approximate surface area is 318 Å². The van der Waals surface area contributed by atoms with Crippen molar-refractivity contribution in [3.63, 3.8) is 0 Å². The normalized spacial score (nSPS) is 18.6. The van der Waals surface area contributed by atoms with Crippen LogP contribution in [0.25, 0.3) is 10.8 Å². The van der Waals surface area contributed by atoms with Gasteiger partial charge in [0.15, 0.2) is 5.84 Å². The first-order valence-electron chi connectivity index (χ1n) is 19.9. The summed E-state index contributed by atoms with van der Waals surface area (Å²) in [5.74, 6) is 3.07. The van der Waals surface area contributed by atoms with Crippen LogP contribution in [-0.4, -0.2) is 60.9 Å². The second-order valence-electron chi connectivity index (χ2n) is 16.1. The number of benzene rings is 3. The quantitative estimate of drug-likeness (QED) is 0.180. The third-order valence-corrected chi connectivity index (χ3v) is 13.8. The molecule has 3 aliphatic carbocycles. The lowest BCUT2D eigenvalue weighted by Gasteiger charge is -2.15. The molecule has 0 saturated heterocycles. The first kappa shape index (κ1) is 37.0. The zero-order valence-electron chi connectivity index (χ0n) is 35.0. The topological polar surface area (TPSA) is 57.6 Å². The fourth-order valence-electron chi connectivity index (χ4n) is 10.6. The van der Waals surface area contributed by atoms with Crippen molar-refractivity contribution in [2.45, 2.75) is 120 Å². The van der Waals surface area contributed by atoms with Crippen molar-refractivity contribution >= 4 is 34.0 Å². The molecule has 0 bridgehead atoms. The Morgan fingerprint density at radius 2 is 0.868 bits per heavy atom. The van der Waals surface area contributed by atoms with Gasteiger partial charge in [-0.15, -0.1) is 0 Å². The maximum absolute atomic E-state index is 4.62. The second-order valence-corrected chi connectivity index (χ2v) is 16.1. The minimum absolute atomic E-state index is 0.924. The van der Waals surface area contributed by atoms with Gasteiger partial charge in [-0.05, 0) is 187 Å². The van der Waals surface area contributed by atoms with E-state index in [9.17, 15) is 0 Å². The number of nitrogens with zero attached hydrogens (tertiary/aromatic N) is 6. The molecule has 9 rings (SSSR count). The van der Waals surface area contributed by atoms with Crippen molar-refractivity contribution in [2.75, 3.05) is 28.2 Å². The van der Waals surface area contributed by atoms with E-state index >= 15 is 0 Å². The fourth-order valence-corrected chi connectivity index (χ4v) is 10.6. The third kappa shape index (κ3) is 5.40. The van der Waals surface area contributed by atoms with Gasteiger partial charge in [0.2, 0.25) is 0 Å². The van der Waals surface area contributed by atoms with Gasteiger partial charge in [0, 0.05) is 85.4 Å². The van der Waals surface area contributed by atoms with Crippen LogP contribution in [0.5, 0.6) is 0 Å². The number of aromatic nitrogens is 1. The van der Waals surface area contributed by atoms with Crippen LogP contribution in [0.2, 0.25) is 0 Å². The summed E-state index contributed by atoms with van der Waals surface area (Å²) in [6.07, 6.45) is 11.3. The van der Waals surface area contributed by atoms with Gasteiger partial charge in [-0.25, -0.2) is 4.99 Å². The smallest absolute Gasteiger partial charge is 0.155 e. The van der Waals surface area contributed by atoms with Gasteiger partial charge in [0.1, 0.15) is 11.7 Å². The summed E-state index contributed by atoms with van der Waals surface area (Å²) in [4.78, 5) is 20.1. The zero-order valence-corrected chi connectivity index (χ0v) is 35.0. The molecule has 1 aromatic heterocycles. The SMILES string of the molecule is CN=C1N=C(C)c2c3c(c(C)c(C)c21)CCC3.CN=C1c2c(C)c(C)c3c(c2C(=NC)N1C)CCC3.Cc1c2c(c3c(C)n(C)c(C)c3c1C)CCC2. The summed E-state index contributed by atoms with van der Waals surface area (Å²) in [5, 5.41) is 3.07. The molecule has 0 radical (unpaired) electrons. The average Bonchev–Trinajstić information content (AvgIpc) is 4.00. The Hall–Kier alpha value is -4.32. The Morgan fingerprint density at radius 1 is 0.434 bits per heavy atom. The monoisotopic (exact) mass is 708 g/mol. The molecule has 0 spiro atoms. The van der Waals surface area contributed by atoms with E-state index in [0.29, 0.717) is 0 Å². The average molecular weight is 709 g/mol. The molecule has 6 nitrogen and oxygen atoms in total. The third-order valence-electron chi connectivity index (χ3n) is 13.8. The minimum Gasteiger partial charge on any atom is -0.351 e. The molecule has 0 fully saturated rings. The molecule has 3 heterocycles. The van der Waals surface area contributed by atoms with Gasteiger partial charge in [-0.1, -0.05) is 0 Å². The van der Waals surface area contributed by atoms with Crippen molar-refractivity contribution in [3.05, 3.63) is 100 Å². The zero-order chi connectivity index (χ0) is 38.2. The molecule has 5 aliphatic rings. The lowest BCUT2D eigenvalue weighted by Crippen LogP contribution is -2.26. The van der Waals surface area contributed by atoms with Gasteiger partial charge >= 0.3 is 0 Å². The summed E-state index contributed by atoms with van der Waals surface area (Å²) in [6, 6.07) is 0. The number of aryl methyl sites for hydroxylation is 4. The summed E-state index contributed by atoms with van der Waals surface area (Å²) in [7, 11) is 9.85. The Kier molecular flexibility index (Phi) is 9.66. The highest BCUT2D eigenvalue weighted by molar-refractivity contribution is 6.26. The number of amidine groups is 3. The van der Waals surface area contributed by atoms with Gasteiger partial charge in [-0.2, -0.15) is 0 Å². The van der Waals surface area contributed by atoms with Crippen molar-refractivity contribution in [2.24, 2.45) is 27.0 Å². The van der Waals surface area contributed by atoms with Crippen LogP contribution in [0.15, 0.2) is 20.0 Å². The summed E-state index contributed by atoms with van der Waals surface area (Å²) < 4.78 is 2.36. The molecule has 278 valence electrons. The van der Waals surface area contributed by atoms with E-state index in [4.69, 9.17) is 0 Å². The van der Waals surface area contributed by atoms with Crippen LogP contribution >= 0.6 is 0 Å². The summed E-state index contributed by atoms with van der Waals surface area (Å²) in [5.41, 5.74) is 27.6. The van der Waals surface area contributed by atoms with Crippen LogP contribution in [0.3, 0.4) is 0 Å². The fraction of sp³-hybridized carbons (Fsp3) is 0.489. The maximum atomic E-state index is 4.62. The second kappa shape index (κ2) is 13.8. The van der Waals surface area contributed by atoms with Crippen molar-refractivity contribution in [1.29, 1.82) is 0 Å². The van der Waals surface area contributed by atoms with E-state index in [2.05, 4.69) is 106 Å². The highest BCUT2D eigenvalue weighted by Gasteiger charge is 2.36. The van der Waals surface area contributed by atoms with Gasteiger partial charge in [0.25, 0.3) is 0 Å². The minimum atomic E-state index is 0.924. The molecule has 0 saturated carbocycles. The Bertz CT molecular complexity index is 2360. The first-order valence-corrected chi connectivity index (χ1v) is 19.9. The molecule has 0 N–H and O–H groups in total. The number of aliphatic imine (C=N–C) groups is 4. The summed E-state index contributed by atoms with van der Waals surface area (Å²) in [6.45, 7) is 20.2. The summed E-state index contributed by atoms with van der Waals surface area (Å²) >= 11 is 0. The Morgan fingerprint density at radius 3 is 1.42 bits per heavy atom. The van der Waals surface area contributed by atoms with Gasteiger partial charge in [-0.3, -0.25) is 15.0 Å². The number of hydrogen-bond donors (Lipinski definition) is 0. The van der Waals surface area contributed by atoms with Crippen LogP contribution in [0.1, 0.15) is 127 Å². The molecule has 0 atom stereocenters. The molecule has 53 heavy (non-hydrogen) atoms. The maximum Gasteiger partial charge on any atom is 0.155 e. The van der Waals surface area contributed by atoms with Crippen LogP contribution in [-0.2, 0) is 45.6 Å². The Balaban J connectivity index is 0.000000123. The molecule has 0 unspecified atom stereocenters. The molecule has 2 aliphatic heterocycles. The van der Waals surface area contributed by atoms with Gasteiger partial charge < -0.3 is 9.47 Å². The van der Waals surface area contributed by atoms with E-state index in [0.717, 1.165) is 23.2 Å². The molecule has 0 amide bonds. The molecular formula is C47H60N6. The molecule has 4 aromatic rings. The highest BCUT2D eigenvalue weighted by atomic mass is 15.2. The van der Waals surface area contributed by atoms with Crippen molar-refractivity contribution < 1.29 is 0 Å². The van der Waals surface area contributed by atoms with Crippen molar-refractivity contribution in [1.82, 2.24) is 9.47 Å². The van der Waals surface area contributed by atoms with Crippen LogP contribution in [0, 0.1) is 55.4 Å². The first-order chi connectivity index (χ1) is 25.3. The molecule has 3 aromatic carbocycles. The lowest BCUT2D eigenvalue weighted by molar-refractivity contribution is 0.765. The van der Waals surface area contributed by atoms with E-state index in [1.54, 1.807) is 38.8 Å². The van der Waals surface area contributed by atoms with E-state index in [-0.39, 0.29) is 0 Å².